The quantitative estimate of drug-likeness (QED) is 0.723. The number of likely N-dealkylation sites (N-methyl/N-ethyl adjacent to an activating group) is 1. The van der Waals surface area contributed by atoms with Crippen molar-refractivity contribution in [3.8, 4) is 0 Å². The molecule has 0 unspecified atom stereocenters. The number of hydrogen-bond acceptors (Lipinski definition) is 4. The van der Waals surface area contributed by atoms with Gasteiger partial charge in [-0.05, 0) is 43.2 Å². The molecule has 0 bridgehead atoms. The summed E-state index contributed by atoms with van der Waals surface area (Å²) in [5.74, 6) is -0.734. The molecule has 1 aliphatic heterocycles. The van der Waals surface area contributed by atoms with Crippen molar-refractivity contribution in [3.05, 3.63) is 65.2 Å². The molecule has 6 heteroatoms. The molecule has 1 fully saturated rings. The highest BCUT2D eigenvalue weighted by Gasteiger charge is 2.22. The Morgan fingerprint density at radius 3 is 2.36 bits per heavy atom. The van der Waals surface area contributed by atoms with Crippen molar-refractivity contribution in [1.82, 2.24) is 4.90 Å². The maximum Gasteiger partial charge on any atom is 0.338 e. The first-order chi connectivity index (χ1) is 13.4. The fraction of sp³-hybridized carbons (Fsp3) is 0.318. The first kappa shape index (κ1) is 19.6. The monoisotopic (exact) mass is 380 g/mol. The number of ether oxygens (including phenoxy) is 1. The molecule has 0 saturated carbocycles. The third kappa shape index (κ3) is 4.76. The predicted octanol–water partition coefficient (Wildman–Crippen LogP) is 2.94. The zero-order chi connectivity index (χ0) is 20.1. The first-order valence-corrected chi connectivity index (χ1v) is 9.31. The topological polar surface area (TPSA) is 66.9 Å². The lowest BCUT2D eigenvalue weighted by molar-refractivity contribution is -0.133. The molecule has 146 valence electrons. The van der Waals surface area contributed by atoms with E-state index in [1.165, 1.54) is 4.90 Å². The van der Waals surface area contributed by atoms with Crippen LogP contribution in [0, 0.1) is 6.92 Å². The van der Waals surface area contributed by atoms with Gasteiger partial charge >= 0.3 is 5.97 Å². The van der Waals surface area contributed by atoms with Crippen LogP contribution in [0.25, 0.3) is 0 Å². The second-order valence-corrected chi connectivity index (χ2v) is 7.01. The van der Waals surface area contributed by atoms with Gasteiger partial charge in [0, 0.05) is 32.2 Å². The van der Waals surface area contributed by atoms with Gasteiger partial charge in [0.2, 0.25) is 5.91 Å². The number of carbonyl (C=O) groups is 3. The molecule has 2 amide bonds. The van der Waals surface area contributed by atoms with Crippen LogP contribution in [0.4, 0.5) is 5.69 Å². The van der Waals surface area contributed by atoms with Gasteiger partial charge in [-0.25, -0.2) is 4.79 Å². The molecule has 3 rings (SSSR count). The average molecular weight is 380 g/mol. The zero-order valence-electron chi connectivity index (χ0n) is 16.2. The lowest BCUT2D eigenvalue weighted by atomic mass is 10.1. The van der Waals surface area contributed by atoms with Crippen LogP contribution in [0.5, 0.6) is 0 Å². The second-order valence-electron chi connectivity index (χ2n) is 7.01. The van der Waals surface area contributed by atoms with E-state index >= 15 is 0 Å². The third-order valence-corrected chi connectivity index (χ3v) is 4.78. The molecular weight excluding hydrogens is 356 g/mol. The Balaban J connectivity index is 1.50. The van der Waals surface area contributed by atoms with Gasteiger partial charge in [0.15, 0.2) is 6.61 Å². The van der Waals surface area contributed by atoms with Crippen molar-refractivity contribution < 1.29 is 19.1 Å². The summed E-state index contributed by atoms with van der Waals surface area (Å²) in [5, 5.41) is 0. The van der Waals surface area contributed by atoms with Crippen molar-refractivity contribution in [3.63, 3.8) is 0 Å². The van der Waals surface area contributed by atoms with Gasteiger partial charge in [0.05, 0.1) is 5.56 Å². The summed E-state index contributed by atoms with van der Waals surface area (Å²) in [7, 11) is 1.68. The number of aryl methyl sites for hydroxylation is 1. The van der Waals surface area contributed by atoms with Crippen molar-refractivity contribution in [2.24, 2.45) is 0 Å². The first-order valence-electron chi connectivity index (χ1n) is 9.31. The zero-order valence-corrected chi connectivity index (χ0v) is 16.2. The molecule has 6 nitrogen and oxygen atoms in total. The summed E-state index contributed by atoms with van der Waals surface area (Å²) in [6.45, 7) is 2.85. The summed E-state index contributed by atoms with van der Waals surface area (Å²) < 4.78 is 5.14. The van der Waals surface area contributed by atoms with Crippen LogP contribution in [-0.4, -0.2) is 42.9 Å². The highest BCUT2D eigenvalue weighted by molar-refractivity contribution is 5.96. The van der Waals surface area contributed by atoms with Crippen molar-refractivity contribution in [1.29, 1.82) is 0 Å². The van der Waals surface area contributed by atoms with E-state index in [0.717, 1.165) is 23.2 Å². The number of rotatable bonds is 6. The van der Waals surface area contributed by atoms with Crippen LogP contribution in [0.2, 0.25) is 0 Å². The minimum Gasteiger partial charge on any atom is -0.452 e. The fourth-order valence-electron chi connectivity index (χ4n) is 3.07. The molecule has 1 heterocycles. The molecule has 2 aromatic rings. The number of esters is 1. The van der Waals surface area contributed by atoms with E-state index in [-0.39, 0.29) is 18.4 Å². The van der Waals surface area contributed by atoms with E-state index in [1.807, 2.05) is 31.2 Å². The van der Waals surface area contributed by atoms with Gasteiger partial charge in [-0.2, -0.15) is 0 Å². The van der Waals surface area contributed by atoms with Crippen LogP contribution in [0.15, 0.2) is 48.5 Å². The molecule has 1 aliphatic rings. The molecule has 0 N–H and O–H groups in total. The number of benzene rings is 2. The molecule has 0 radical (unpaired) electrons. The maximum absolute atomic E-state index is 12.2. The van der Waals surface area contributed by atoms with E-state index in [9.17, 15) is 14.4 Å². The Morgan fingerprint density at radius 2 is 1.75 bits per heavy atom. The molecule has 0 atom stereocenters. The van der Waals surface area contributed by atoms with Gasteiger partial charge in [-0.15, -0.1) is 0 Å². The SMILES string of the molecule is Cc1ccc(CN(C)C(=O)COC(=O)c2ccc(N3CCCC3=O)cc2)cc1. The number of carbonyl (C=O) groups excluding carboxylic acids is 3. The Labute approximate surface area is 164 Å². The standard InChI is InChI=1S/C22H24N2O4/c1-16-5-7-17(8-6-16)14-23(2)21(26)15-28-22(27)18-9-11-19(12-10-18)24-13-3-4-20(24)25/h5-12H,3-4,13-15H2,1-2H3. The van der Waals surface area contributed by atoms with Gasteiger partial charge < -0.3 is 14.5 Å². The third-order valence-electron chi connectivity index (χ3n) is 4.78. The van der Waals surface area contributed by atoms with Gasteiger partial charge in [0.25, 0.3) is 5.91 Å². The van der Waals surface area contributed by atoms with Crippen molar-refractivity contribution in [2.75, 3.05) is 25.1 Å². The van der Waals surface area contributed by atoms with Crippen LogP contribution in [-0.2, 0) is 20.9 Å². The van der Waals surface area contributed by atoms with E-state index in [2.05, 4.69) is 0 Å². The maximum atomic E-state index is 12.2. The highest BCUT2D eigenvalue weighted by Crippen LogP contribution is 2.21. The van der Waals surface area contributed by atoms with Crippen LogP contribution >= 0.6 is 0 Å². The number of nitrogens with zero attached hydrogens (tertiary/aromatic N) is 2. The Hall–Kier alpha value is -3.15. The Morgan fingerprint density at radius 1 is 1.07 bits per heavy atom. The van der Waals surface area contributed by atoms with Crippen LogP contribution < -0.4 is 4.90 Å². The molecule has 28 heavy (non-hydrogen) atoms. The summed E-state index contributed by atoms with van der Waals surface area (Å²) in [5.41, 5.74) is 3.30. The molecule has 0 aliphatic carbocycles. The normalized spacial score (nSPS) is 13.5. The Kier molecular flexibility index (Phi) is 6.09. The highest BCUT2D eigenvalue weighted by atomic mass is 16.5. The van der Waals surface area contributed by atoms with Gasteiger partial charge in [-0.3, -0.25) is 9.59 Å². The van der Waals surface area contributed by atoms with Gasteiger partial charge in [-0.1, -0.05) is 29.8 Å². The lowest BCUT2D eigenvalue weighted by Gasteiger charge is -2.18. The van der Waals surface area contributed by atoms with Crippen LogP contribution in [0.1, 0.15) is 34.3 Å². The van der Waals surface area contributed by atoms with Crippen molar-refractivity contribution in [2.45, 2.75) is 26.3 Å². The molecular formula is C22H24N2O4. The number of anilines is 1. The second kappa shape index (κ2) is 8.69. The summed E-state index contributed by atoms with van der Waals surface area (Å²) in [6, 6.07) is 14.6. The van der Waals surface area contributed by atoms with E-state index in [1.54, 1.807) is 36.2 Å². The van der Waals surface area contributed by atoms with Gasteiger partial charge in [0.1, 0.15) is 0 Å². The number of amides is 2. The Bertz CT molecular complexity index is 859. The largest absolute Gasteiger partial charge is 0.452 e. The fourth-order valence-corrected chi connectivity index (χ4v) is 3.07. The molecule has 0 aromatic heterocycles. The number of hydrogen-bond donors (Lipinski definition) is 0. The summed E-state index contributed by atoms with van der Waals surface area (Å²) in [4.78, 5) is 39.4. The van der Waals surface area contributed by atoms with E-state index < -0.39 is 5.97 Å². The minimum atomic E-state index is -0.559. The smallest absolute Gasteiger partial charge is 0.338 e. The molecule has 1 saturated heterocycles. The summed E-state index contributed by atoms with van der Waals surface area (Å²) in [6.07, 6.45) is 1.41. The van der Waals surface area contributed by atoms with Crippen LogP contribution in [0.3, 0.4) is 0 Å². The molecule has 2 aromatic carbocycles. The minimum absolute atomic E-state index is 0.0949. The predicted molar refractivity (Wildman–Crippen MR) is 106 cm³/mol. The molecule has 0 spiro atoms. The van der Waals surface area contributed by atoms with E-state index in [0.29, 0.717) is 25.1 Å². The average Bonchev–Trinajstić information content (AvgIpc) is 3.13. The van der Waals surface area contributed by atoms with Crippen molar-refractivity contribution >= 4 is 23.5 Å². The summed E-state index contributed by atoms with van der Waals surface area (Å²) >= 11 is 0. The van der Waals surface area contributed by atoms with E-state index in [4.69, 9.17) is 4.74 Å². The lowest BCUT2D eigenvalue weighted by Crippen LogP contribution is -2.30.